The number of aromatic nitrogens is 1. The summed E-state index contributed by atoms with van der Waals surface area (Å²) in [4.78, 5) is 4.25. The second-order valence-electron chi connectivity index (χ2n) is 10.2. The Kier molecular flexibility index (Phi) is 6.15. The first-order chi connectivity index (χ1) is 16.5. The van der Waals surface area contributed by atoms with Crippen molar-refractivity contribution in [3.05, 3.63) is 89.1 Å². The Morgan fingerprint density at radius 2 is 1.97 bits per heavy atom. The van der Waals surface area contributed by atoms with Crippen molar-refractivity contribution in [3.8, 4) is 17.7 Å². The molecule has 0 aliphatic heterocycles. The van der Waals surface area contributed by atoms with Crippen LogP contribution in [0.15, 0.2) is 66.9 Å². The van der Waals surface area contributed by atoms with E-state index in [-0.39, 0.29) is 5.41 Å². The van der Waals surface area contributed by atoms with Crippen molar-refractivity contribution in [3.63, 3.8) is 0 Å². The van der Waals surface area contributed by atoms with Crippen LogP contribution in [-0.4, -0.2) is 15.7 Å². The SMILES string of the molecule is CCC[C@@]1(O)CC[C@@]2(Cc3ccccc3)c3ccc(Oc4ccc(C#N)cn4)cc3CC[C@@H]2C1. The Morgan fingerprint density at radius 3 is 2.71 bits per heavy atom. The number of benzene rings is 2. The minimum Gasteiger partial charge on any atom is -0.439 e. The molecule has 2 aliphatic carbocycles. The number of aryl methyl sites for hydroxylation is 1. The van der Waals surface area contributed by atoms with Gasteiger partial charge >= 0.3 is 0 Å². The van der Waals surface area contributed by atoms with E-state index in [4.69, 9.17) is 10.00 Å². The van der Waals surface area contributed by atoms with Gasteiger partial charge in [-0.1, -0.05) is 49.7 Å². The van der Waals surface area contributed by atoms with Crippen LogP contribution < -0.4 is 4.74 Å². The average molecular weight is 453 g/mol. The Hall–Kier alpha value is -3.16. The van der Waals surface area contributed by atoms with Crippen LogP contribution in [0.4, 0.5) is 0 Å². The smallest absolute Gasteiger partial charge is 0.219 e. The summed E-state index contributed by atoms with van der Waals surface area (Å²) in [7, 11) is 0. The number of hydrogen-bond acceptors (Lipinski definition) is 4. The maximum atomic E-state index is 11.3. The molecule has 1 heterocycles. The van der Waals surface area contributed by atoms with Gasteiger partial charge in [0.05, 0.1) is 11.2 Å². The summed E-state index contributed by atoms with van der Waals surface area (Å²) in [5.41, 5.74) is 4.17. The van der Waals surface area contributed by atoms with E-state index in [0.717, 1.165) is 57.1 Å². The molecular formula is C30H32N2O2. The molecule has 0 amide bonds. The molecule has 2 aliphatic rings. The minimum absolute atomic E-state index is 0.0418. The zero-order chi connectivity index (χ0) is 23.6. The molecule has 0 saturated heterocycles. The summed E-state index contributed by atoms with van der Waals surface area (Å²) in [6, 6.07) is 22.8. The Labute approximate surface area is 202 Å². The van der Waals surface area contributed by atoms with Crippen molar-refractivity contribution in [1.29, 1.82) is 5.26 Å². The van der Waals surface area contributed by atoms with E-state index in [1.807, 2.05) is 0 Å². The third-order valence-corrected chi connectivity index (χ3v) is 7.99. The largest absolute Gasteiger partial charge is 0.439 e. The van der Waals surface area contributed by atoms with Crippen LogP contribution in [0.3, 0.4) is 0 Å². The third-order valence-electron chi connectivity index (χ3n) is 7.99. The highest BCUT2D eigenvalue weighted by Gasteiger charge is 2.51. The monoisotopic (exact) mass is 452 g/mol. The summed E-state index contributed by atoms with van der Waals surface area (Å²) >= 11 is 0. The van der Waals surface area contributed by atoms with E-state index < -0.39 is 5.60 Å². The molecule has 34 heavy (non-hydrogen) atoms. The van der Waals surface area contributed by atoms with Gasteiger partial charge in [-0.05, 0) is 85.8 Å². The molecule has 0 spiro atoms. The van der Waals surface area contributed by atoms with Crippen molar-refractivity contribution in [2.24, 2.45) is 5.92 Å². The maximum absolute atomic E-state index is 11.3. The molecule has 2 aromatic carbocycles. The first-order valence-electron chi connectivity index (χ1n) is 12.5. The lowest BCUT2D eigenvalue weighted by Gasteiger charge is -2.53. The molecule has 3 aromatic rings. The zero-order valence-electron chi connectivity index (χ0n) is 19.8. The molecule has 4 nitrogen and oxygen atoms in total. The van der Waals surface area contributed by atoms with Crippen LogP contribution in [0.5, 0.6) is 11.6 Å². The van der Waals surface area contributed by atoms with Crippen molar-refractivity contribution < 1.29 is 9.84 Å². The predicted molar refractivity (Wildman–Crippen MR) is 133 cm³/mol. The van der Waals surface area contributed by atoms with Gasteiger partial charge in [-0.2, -0.15) is 5.26 Å². The number of nitriles is 1. The van der Waals surface area contributed by atoms with Crippen LogP contribution in [0, 0.1) is 17.2 Å². The fourth-order valence-corrected chi connectivity index (χ4v) is 6.41. The summed E-state index contributed by atoms with van der Waals surface area (Å²) in [5, 5.41) is 20.3. The summed E-state index contributed by atoms with van der Waals surface area (Å²) in [6.07, 6.45) is 9.29. The molecule has 1 fully saturated rings. The normalized spacial score (nSPS) is 25.6. The van der Waals surface area contributed by atoms with Crippen LogP contribution in [0.2, 0.25) is 0 Å². The molecule has 1 N–H and O–H groups in total. The average Bonchev–Trinajstić information content (AvgIpc) is 2.86. The maximum Gasteiger partial charge on any atom is 0.219 e. The summed E-state index contributed by atoms with van der Waals surface area (Å²) in [5.74, 6) is 1.74. The van der Waals surface area contributed by atoms with E-state index in [1.165, 1.54) is 22.9 Å². The summed E-state index contributed by atoms with van der Waals surface area (Å²) in [6.45, 7) is 2.17. The number of rotatable bonds is 6. The Balaban J connectivity index is 1.48. The second kappa shape index (κ2) is 9.24. The standard InChI is InChI=1S/C30H32N2O2/c1-2-14-29(33)15-16-30(18-22-6-4-3-5-7-22)25(19-29)10-9-24-17-26(11-12-27(24)30)34-28-13-8-23(20-31)21-32-28/h3-8,11-13,17,21,25,33H,2,9-10,14-16,18-19H2,1H3/t25-,29-,30+/m1/s1. The number of ether oxygens (including phenoxy) is 1. The molecule has 5 rings (SSSR count). The van der Waals surface area contributed by atoms with Gasteiger partial charge in [-0.15, -0.1) is 0 Å². The van der Waals surface area contributed by atoms with Gasteiger partial charge in [0.1, 0.15) is 11.8 Å². The molecule has 174 valence electrons. The molecule has 0 unspecified atom stereocenters. The molecule has 0 bridgehead atoms. The molecular weight excluding hydrogens is 420 g/mol. The van der Waals surface area contributed by atoms with Crippen molar-refractivity contribution in [1.82, 2.24) is 4.98 Å². The zero-order valence-corrected chi connectivity index (χ0v) is 19.8. The number of hydrogen-bond donors (Lipinski definition) is 1. The molecule has 0 radical (unpaired) electrons. The molecule has 3 atom stereocenters. The highest BCUT2D eigenvalue weighted by atomic mass is 16.5. The molecule has 1 aromatic heterocycles. The molecule has 1 saturated carbocycles. The fraction of sp³-hybridized carbons (Fsp3) is 0.400. The first kappa shape index (κ1) is 22.6. The van der Waals surface area contributed by atoms with E-state index in [0.29, 0.717) is 17.4 Å². The lowest BCUT2D eigenvalue weighted by molar-refractivity contribution is -0.0565. The number of pyridine rings is 1. The second-order valence-corrected chi connectivity index (χ2v) is 10.2. The highest BCUT2D eigenvalue weighted by molar-refractivity contribution is 5.46. The van der Waals surface area contributed by atoms with Crippen LogP contribution in [0.1, 0.15) is 67.7 Å². The van der Waals surface area contributed by atoms with Gasteiger partial charge in [0.15, 0.2) is 0 Å². The van der Waals surface area contributed by atoms with E-state index >= 15 is 0 Å². The number of nitrogens with zero attached hydrogens (tertiary/aromatic N) is 2. The molecule has 4 heteroatoms. The lowest BCUT2D eigenvalue weighted by Crippen LogP contribution is -2.51. The van der Waals surface area contributed by atoms with Gasteiger partial charge < -0.3 is 9.84 Å². The quantitative estimate of drug-likeness (QED) is 0.463. The van der Waals surface area contributed by atoms with Gasteiger partial charge in [-0.3, -0.25) is 0 Å². The lowest BCUT2D eigenvalue weighted by atomic mass is 9.52. The van der Waals surface area contributed by atoms with Gasteiger partial charge in [0.2, 0.25) is 5.88 Å². The van der Waals surface area contributed by atoms with Gasteiger partial charge in [0, 0.05) is 17.7 Å². The number of aliphatic hydroxyl groups is 1. The highest BCUT2D eigenvalue weighted by Crippen LogP contribution is 2.55. The Morgan fingerprint density at radius 1 is 1.12 bits per heavy atom. The van der Waals surface area contributed by atoms with Crippen molar-refractivity contribution in [2.45, 2.75) is 69.3 Å². The minimum atomic E-state index is -0.526. The van der Waals surface area contributed by atoms with E-state index in [2.05, 4.69) is 66.5 Å². The topological polar surface area (TPSA) is 66.1 Å². The number of fused-ring (bicyclic) bond motifs is 3. The third kappa shape index (κ3) is 4.33. The van der Waals surface area contributed by atoms with Gasteiger partial charge in [-0.25, -0.2) is 4.98 Å². The summed E-state index contributed by atoms with van der Waals surface area (Å²) < 4.78 is 6.04. The van der Waals surface area contributed by atoms with E-state index in [1.54, 1.807) is 12.1 Å². The predicted octanol–water partition coefficient (Wildman–Crippen LogP) is 6.50. The fourth-order valence-electron chi connectivity index (χ4n) is 6.41. The van der Waals surface area contributed by atoms with Crippen LogP contribution >= 0.6 is 0 Å². The van der Waals surface area contributed by atoms with Crippen LogP contribution in [0.25, 0.3) is 0 Å². The van der Waals surface area contributed by atoms with E-state index in [9.17, 15) is 5.11 Å². The Bertz CT molecular complexity index is 1180. The van der Waals surface area contributed by atoms with Crippen LogP contribution in [-0.2, 0) is 18.3 Å². The first-order valence-corrected chi connectivity index (χ1v) is 12.5. The van der Waals surface area contributed by atoms with Crippen molar-refractivity contribution in [2.75, 3.05) is 0 Å². The van der Waals surface area contributed by atoms with Gasteiger partial charge in [0.25, 0.3) is 0 Å². The van der Waals surface area contributed by atoms with Crippen molar-refractivity contribution >= 4 is 0 Å².